The largest absolute Gasteiger partial charge is 0.466 e. The molecule has 2 heterocycles. The molecule has 2 aliphatic heterocycles. The first-order valence-corrected chi connectivity index (χ1v) is 9.47. The maximum Gasteiger partial charge on any atom is 0.310 e. The Labute approximate surface area is 151 Å². The lowest BCUT2D eigenvalue weighted by Crippen LogP contribution is -2.44. The van der Waals surface area contributed by atoms with Gasteiger partial charge < -0.3 is 15.0 Å². The van der Waals surface area contributed by atoms with Gasteiger partial charge in [0.25, 0.3) is 0 Å². The van der Waals surface area contributed by atoms with Crippen molar-refractivity contribution in [3.05, 3.63) is 24.3 Å². The molecule has 7 heteroatoms. The van der Waals surface area contributed by atoms with Gasteiger partial charge in [-0.25, -0.2) is 0 Å². The molecular weight excluding hydrogens is 340 g/mol. The summed E-state index contributed by atoms with van der Waals surface area (Å²) in [5.41, 5.74) is 0.793. The zero-order chi connectivity index (χ0) is 17.8. The van der Waals surface area contributed by atoms with Crippen LogP contribution >= 0.6 is 11.8 Å². The zero-order valence-electron chi connectivity index (χ0n) is 14.2. The highest BCUT2D eigenvalue weighted by molar-refractivity contribution is 8.01. The van der Waals surface area contributed by atoms with Gasteiger partial charge in [-0.3, -0.25) is 14.4 Å². The van der Waals surface area contributed by atoms with Gasteiger partial charge in [-0.05, 0) is 31.9 Å². The molecule has 1 saturated heterocycles. The van der Waals surface area contributed by atoms with Crippen LogP contribution in [-0.2, 0) is 19.1 Å². The van der Waals surface area contributed by atoms with Gasteiger partial charge in [0, 0.05) is 24.4 Å². The number of hydrogen-bond donors (Lipinski definition) is 1. The molecule has 0 saturated carbocycles. The Balaban J connectivity index is 1.60. The summed E-state index contributed by atoms with van der Waals surface area (Å²) in [6.45, 7) is 3.14. The molecule has 2 atom stereocenters. The summed E-state index contributed by atoms with van der Waals surface area (Å²) in [6.07, 6.45) is 1.66. The van der Waals surface area contributed by atoms with Gasteiger partial charge in [0.15, 0.2) is 0 Å². The quantitative estimate of drug-likeness (QED) is 0.832. The number of piperidine rings is 1. The van der Waals surface area contributed by atoms with Crippen molar-refractivity contribution in [2.45, 2.75) is 36.3 Å². The van der Waals surface area contributed by atoms with E-state index in [1.54, 1.807) is 11.8 Å². The van der Waals surface area contributed by atoms with Crippen molar-refractivity contribution in [2.24, 2.45) is 5.92 Å². The molecule has 1 fully saturated rings. The van der Waals surface area contributed by atoms with Crippen molar-refractivity contribution in [1.29, 1.82) is 0 Å². The number of esters is 1. The summed E-state index contributed by atoms with van der Waals surface area (Å²) < 4.78 is 5.07. The number of nitrogens with one attached hydrogen (secondary N) is 1. The third-order valence-corrected chi connectivity index (χ3v) is 5.74. The van der Waals surface area contributed by atoms with Crippen LogP contribution in [0.15, 0.2) is 29.2 Å². The molecule has 0 aromatic heterocycles. The van der Waals surface area contributed by atoms with Crippen molar-refractivity contribution >= 4 is 35.2 Å². The number of benzene rings is 1. The van der Waals surface area contributed by atoms with Crippen molar-refractivity contribution in [3.8, 4) is 0 Å². The highest BCUT2D eigenvalue weighted by Crippen LogP contribution is 2.37. The van der Waals surface area contributed by atoms with Crippen LogP contribution in [0.25, 0.3) is 0 Å². The normalized spacial score (nSPS) is 22.8. The molecule has 1 N–H and O–H groups in total. The highest BCUT2D eigenvalue weighted by Gasteiger charge is 2.33. The van der Waals surface area contributed by atoms with E-state index in [1.165, 1.54) is 11.8 Å². The standard InChI is InChI=1S/C18H22N2O4S/c1-2-24-18(23)12-6-5-9-20(11-12)16(21)10-15-17(22)19-13-7-3-4-8-14(13)25-15/h3-4,7-8,12,15H,2,5-6,9-11H2,1H3,(H,19,22)/t12-,15-/m0/s1. The van der Waals surface area contributed by atoms with Crippen molar-refractivity contribution in [2.75, 3.05) is 25.0 Å². The van der Waals surface area contributed by atoms with E-state index in [0.717, 1.165) is 23.4 Å². The number of hydrogen-bond acceptors (Lipinski definition) is 5. The average molecular weight is 362 g/mol. The molecule has 0 unspecified atom stereocenters. The third kappa shape index (κ3) is 4.15. The minimum Gasteiger partial charge on any atom is -0.466 e. The minimum absolute atomic E-state index is 0.0824. The number of nitrogens with zero attached hydrogens (tertiary/aromatic N) is 1. The molecule has 0 radical (unpaired) electrons. The number of anilines is 1. The van der Waals surface area contributed by atoms with Gasteiger partial charge in [-0.2, -0.15) is 0 Å². The molecule has 1 aromatic carbocycles. The second kappa shape index (κ2) is 7.91. The second-order valence-electron chi connectivity index (χ2n) is 6.23. The van der Waals surface area contributed by atoms with Crippen molar-refractivity contribution in [1.82, 2.24) is 4.90 Å². The summed E-state index contributed by atoms with van der Waals surface area (Å²) in [6, 6.07) is 7.58. The molecule has 6 nitrogen and oxygen atoms in total. The Morgan fingerprint density at radius 3 is 2.96 bits per heavy atom. The summed E-state index contributed by atoms with van der Waals surface area (Å²) in [7, 11) is 0. The number of carbonyl (C=O) groups is 3. The predicted molar refractivity (Wildman–Crippen MR) is 95.3 cm³/mol. The van der Waals surface area contributed by atoms with Crippen LogP contribution in [0.2, 0.25) is 0 Å². The van der Waals surface area contributed by atoms with Crippen LogP contribution in [0.1, 0.15) is 26.2 Å². The monoisotopic (exact) mass is 362 g/mol. The summed E-state index contributed by atoms with van der Waals surface area (Å²) >= 11 is 1.42. The zero-order valence-corrected chi connectivity index (χ0v) is 15.0. The fourth-order valence-corrected chi connectivity index (χ4v) is 4.27. The summed E-state index contributed by atoms with van der Waals surface area (Å²) in [5.74, 6) is -0.720. The molecule has 3 rings (SSSR count). The van der Waals surface area contributed by atoms with Gasteiger partial charge in [0.05, 0.1) is 23.5 Å². The molecule has 2 amide bonds. The molecule has 134 valence electrons. The van der Waals surface area contributed by atoms with E-state index in [9.17, 15) is 14.4 Å². The SMILES string of the molecule is CCOC(=O)[C@H]1CCCN(C(=O)C[C@@H]2Sc3ccccc3NC2=O)C1. The number of fused-ring (bicyclic) bond motifs is 1. The van der Waals surface area contributed by atoms with Gasteiger partial charge in [-0.1, -0.05) is 12.1 Å². The lowest BCUT2D eigenvalue weighted by atomic mass is 9.98. The minimum atomic E-state index is -0.439. The van der Waals surface area contributed by atoms with Crippen LogP contribution in [0.4, 0.5) is 5.69 Å². The van der Waals surface area contributed by atoms with Crippen LogP contribution in [0.5, 0.6) is 0 Å². The van der Waals surface area contributed by atoms with E-state index < -0.39 is 5.25 Å². The van der Waals surface area contributed by atoms with E-state index >= 15 is 0 Å². The fourth-order valence-electron chi connectivity index (χ4n) is 3.17. The summed E-state index contributed by atoms with van der Waals surface area (Å²) in [4.78, 5) is 39.5. The number of carbonyl (C=O) groups excluding carboxylic acids is 3. The number of amides is 2. The van der Waals surface area contributed by atoms with E-state index in [4.69, 9.17) is 4.74 Å². The van der Waals surface area contributed by atoms with Gasteiger partial charge >= 0.3 is 5.97 Å². The Morgan fingerprint density at radius 2 is 2.16 bits per heavy atom. The van der Waals surface area contributed by atoms with E-state index in [1.807, 2.05) is 24.3 Å². The second-order valence-corrected chi connectivity index (χ2v) is 7.47. The number of thioether (sulfide) groups is 1. The highest BCUT2D eigenvalue weighted by atomic mass is 32.2. The molecule has 2 aliphatic rings. The third-order valence-electron chi connectivity index (χ3n) is 4.46. The number of ether oxygens (including phenoxy) is 1. The molecule has 1 aromatic rings. The van der Waals surface area contributed by atoms with Gasteiger partial charge in [0.2, 0.25) is 11.8 Å². The number of para-hydroxylation sites is 1. The maximum atomic E-state index is 12.6. The lowest BCUT2D eigenvalue weighted by Gasteiger charge is -2.33. The van der Waals surface area contributed by atoms with Crippen LogP contribution in [0, 0.1) is 5.92 Å². The van der Waals surface area contributed by atoms with Crippen LogP contribution in [0.3, 0.4) is 0 Å². The van der Waals surface area contributed by atoms with E-state index in [2.05, 4.69) is 5.32 Å². The fraction of sp³-hybridized carbons (Fsp3) is 0.500. The average Bonchev–Trinajstić information content (AvgIpc) is 2.62. The lowest BCUT2D eigenvalue weighted by molar-refractivity contribution is -0.151. The van der Waals surface area contributed by atoms with Crippen molar-refractivity contribution < 1.29 is 19.1 Å². The topological polar surface area (TPSA) is 75.7 Å². The van der Waals surface area contributed by atoms with Crippen molar-refractivity contribution in [3.63, 3.8) is 0 Å². The maximum absolute atomic E-state index is 12.6. The smallest absolute Gasteiger partial charge is 0.310 e. The first-order chi connectivity index (χ1) is 12.1. The predicted octanol–water partition coefficient (Wildman–Crippen LogP) is 2.29. The van der Waals surface area contributed by atoms with E-state index in [-0.39, 0.29) is 30.1 Å². The number of rotatable bonds is 4. The first-order valence-electron chi connectivity index (χ1n) is 8.59. The molecule has 25 heavy (non-hydrogen) atoms. The van der Waals surface area contributed by atoms with E-state index in [0.29, 0.717) is 19.7 Å². The number of likely N-dealkylation sites (tertiary alicyclic amines) is 1. The molecule has 0 aliphatic carbocycles. The molecule has 0 spiro atoms. The van der Waals surface area contributed by atoms with Crippen LogP contribution < -0.4 is 5.32 Å². The Kier molecular flexibility index (Phi) is 5.63. The first kappa shape index (κ1) is 17.8. The Hall–Kier alpha value is -2.02. The molecular formula is C18H22N2O4S. The Morgan fingerprint density at radius 1 is 1.36 bits per heavy atom. The molecule has 0 bridgehead atoms. The van der Waals surface area contributed by atoms with Crippen LogP contribution in [-0.4, -0.2) is 47.6 Å². The van der Waals surface area contributed by atoms with Gasteiger partial charge in [0.1, 0.15) is 0 Å². The Bertz CT molecular complexity index is 679. The summed E-state index contributed by atoms with van der Waals surface area (Å²) in [5, 5.41) is 2.42. The van der Waals surface area contributed by atoms with Gasteiger partial charge in [-0.15, -0.1) is 11.8 Å².